The molecule has 0 saturated carbocycles. The first-order chi connectivity index (χ1) is 12.2. The number of hydrogen-bond donors (Lipinski definition) is 2. The second-order valence-electron chi connectivity index (χ2n) is 5.56. The van der Waals surface area contributed by atoms with E-state index in [4.69, 9.17) is 5.73 Å². The fourth-order valence-electron chi connectivity index (χ4n) is 2.57. The lowest BCUT2D eigenvalue weighted by Gasteiger charge is -2.06. The van der Waals surface area contributed by atoms with E-state index in [2.05, 4.69) is 15.4 Å². The second kappa shape index (κ2) is 6.09. The minimum atomic E-state index is -0.246. The number of carbonyl (C=O) groups excluding carboxylic acids is 1. The number of anilines is 2. The molecule has 25 heavy (non-hydrogen) atoms. The first kappa shape index (κ1) is 14.9. The number of hydrogen-bond acceptors (Lipinski definition) is 4. The predicted octanol–water partition coefficient (Wildman–Crippen LogP) is 3.23. The van der Waals surface area contributed by atoms with Crippen LogP contribution in [0.4, 0.5) is 11.5 Å². The molecule has 0 aliphatic rings. The van der Waals surface area contributed by atoms with Crippen LogP contribution in [0.3, 0.4) is 0 Å². The molecule has 6 heteroatoms. The van der Waals surface area contributed by atoms with Crippen molar-refractivity contribution in [3.05, 3.63) is 78.4 Å². The van der Waals surface area contributed by atoms with Crippen molar-refractivity contribution in [3.8, 4) is 11.4 Å². The van der Waals surface area contributed by atoms with Gasteiger partial charge in [0.25, 0.3) is 5.91 Å². The van der Waals surface area contributed by atoms with Gasteiger partial charge in [-0.05, 0) is 24.3 Å². The molecule has 122 valence electrons. The number of amides is 1. The third-order valence-corrected chi connectivity index (χ3v) is 3.79. The number of benzene rings is 2. The molecule has 3 N–H and O–H groups in total. The summed E-state index contributed by atoms with van der Waals surface area (Å²) in [5.74, 6) is 0.669. The maximum atomic E-state index is 12.5. The lowest BCUT2D eigenvalue weighted by atomic mass is 10.2. The molecule has 0 unspecified atom stereocenters. The molecule has 0 fully saturated rings. The quantitative estimate of drug-likeness (QED) is 0.604. The smallest absolute Gasteiger partial charge is 0.255 e. The van der Waals surface area contributed by atoms with E-state index in [0.717, 1.165) is 11.3 Å². The fourth-order valence-corrected chi connectivity index (χ4v) is 2.57. The number of nitrogens with two attached hydrogens (primary N) is 1. The standard InChI is InChI=1S/C19H15N5O/c20-16-11-14(19(25)21-15-9-5-2-6-10-15)12-17-22-18(23-24(16)17)13-7-3-1-4-8-13/h1-12H,20H2,(H,21,25). The maximum Gasteiger partial charge on any atom is 0.255 e. The monoisotopic (exact) mass is 329 g/mol. The minimum absolute atomic E-state index is 0.246. The molecule has 6 nitrogen and oxygen atoms in total. The highest BCUT2D eigenvalue weighted by molar-refractivity contribution is 6.05. The SMILES string of the molecule is Nc1cc(C(=O)Nc2ccccc2)cc2nc(-c3ccccc3)nn12. The molecule has 0 radical (unpaired) electrons. The van der Waals surface area contributed by atoms with Crippen LogP contribution in [0, 0.1) is 0 Å². The number of carbonyl (C=O) groups is 1. The summed E-state index contributed by atoms with van der Waals surface area (Å²) in [6.07, 6.45) is 0. The fraction of sp³-hybridized carbons (Fsp3) is 0. The average molecular weight is 329 g/mol. The summed E-state index contributed by atoms with van der Waals surface area (Å²) in [4.78, 5) is 16.9. The van der Waals surface area contributed by atoms with Crippen LogP contribution in [0.5, 0.6) is 0 Å². The van der Waals surface area contributed by atoms with Crippen molar-refractivity contribution in [3.63, 3.8) is 0 Å². The molecule has 0 atom stereocenters. The first-order valence-electron chi connectivity index (χ1n) is 7.79. The summed E-state index contributed by atoms with van der Waals surface area (Å²) < 4.78 is 1.53. The van der Waals surface area contributed by atoms with Gasteiger partial charge in [0.2, 0.25) is 0 Å². The molecule has 2 heterocycles. The van der Waals surface area contributed by atoms with E-state index in [0.29, 0.717) is 22.9 Å². The average Bonchev–Trinajstić information content (AvgIpc) is 3.08. The Kier molecular flexibility index (Phi) is 3.63. The van der Waals surface area contributed by atoms with Gasteiger partial charge in [0, 0.05) is 16.8 Å². The summed E-state index contributed by atoms with van der Waals surface area (Å²) >= 11 is 0. The summed E-state index contributed by atoms with van der Waals surface area (Å²) in [5, 5.41) is 7.25. The molecule has 4 aromatic rings. The van der Waals surface area contributed by atoms with Crippen molar-refractivity contribution in [1.82, 2.24) is 14.6 Å². The Morgan fingerprint density at radius 3 is 2.36 bits per heavy atom. The van der Waals surface area contributed by atoms with Gasteiger partial charge in [-0.3, -0.25) is 4.79 Å². The third-order valence-electron chi connectivity index (χ3n) is 3.79. The maximum absolute atomic E-state index is 12.5. The van der Waals surface area contributed by atoms with Crippen molar-refractivity contribution in [2.75, 3.05) is 11.1 Å². The number of nitrogens with one attached hydrogen (secondary N) is 1. The van der Waals surface area contributed by atoms with Gasteiger partial charge in [0.15, 0.2) is 11.5 Å². The molecule has 0 bridgehead atoms. The van der Waals surface area contributed by atoms with Crippen molar-refractivity contribution in [2.24, 2.45) is 0 Å². The molecule has 0 saturated heterocycles. The Bertz CT molecular complexity index is 1040. The zero-order valence-corrected chi connectivity index (χ0v) is 13.3. The number of nitrogen functional groups attached to an aromatic ring is 1. The van der Waals surface area contributed by atoms with E-state index < -0.39 is 0 Å². The van der Waals surface area contributed by atoms with Gasteiger partial charge in [-0.1, -0.05) is 48.5 Å². The largest absolute Gasteiger partial charge is 0.384 e. The van der Waals surface area contributed by atoms with Crippen LogP contribution in [-0.4, -0.2) is 20.5 Å². The van der Waals surface area contributed by atoms with Crippen LogP contribution >= 0.6 is 0 Å². The lowest BCUT2D eigenvalue weighted by molar-refractivity contribution is 0.102. The Morgan fingerprint density at radius 1 is 0.960 bits per heavy atom. The Labute approximate surface area is 143 Å². The number of rotatable bonds is 3. The molecule has 0 aliphatic carbocycles. The number of para-hydroxylation sites is 1. The van der Waals surface area contributed by atoms with Gasteiger partial charge < -0.3 is 11.1 Å². The lowest BCUT2D eigenvalue weighted by Crippen LogP contribution is -2.13. The second-order valence-corrected chi connectivity index (χ2v) is 5.56. The van der Waals surface area contributed by atoms with Crippen LogP contribution in [0.15, 0.2) is 72.8 Å². The number of nitrogens with zero attached hydrogens (tertiary/aromatic N) is 3. The van der Waals surface area contributed by atoms with Crippen molar-refractivity contribution in [2.45, 2.75) is 0 Å². The van der Waals surface area contributed by atoms with Crippen LogP contribution in [0.1, 0.15) is 10.4 Å². The normalized spacial score (nSPS) is 10.7. The molecule has 2 aromatic carbocycles. The molecule has 0 aliphatic heterocycles. The molecule has 4 rings (SSSR count). The van der Waals surface area contributed by atoms with Crippen LogP contribution < -0.4 is 11.1 Å². The predicted molar refractivity (Wildman–Crippen MR) is 97.2 cm³/mol. The van der Waals surface area contributed by atoms with Crippen LogP contribution in [0.2, 0.25) is 0 Å². The highest BCUT2D eigenvalue weighted by atomic mass is 16.1. The zero-order chi connectivity index (χ0) is 17.2. The van der Waals surface area contributed by atoms with E-state index in [1.54, 1.807) is 12.1 Å². The number of pyridine rings is 1. The highest BCUT2D eigenvalue weighted by Gasteiger charge is 2.13. The van der Waals surface area contributed by atoms with Gasteiger partial charge in [0.05, 0.1) is 0 Å². The molecule has 1 amide bonds. The van der Waals surface area contributed by atoms with E-state index in [1.165, 1.54) is 4.52 Å². The van der Waals surface area contributed by atoms with Gasteiger partial charge >= 0.3 is 0 Å². The number of fused-ring (bicyclic) bond motifs is 1. The van der Waals surface area contributed by atoms with Crippen molar-refractivity contribution in [1.29, 1.82) is 0 Å². The Morgan fingerprint density at radius 2 is 1.64 bits per heavy atom. The topological polar surface area (TPSA) is 85.3 Å². The Hall–Kier alpha value is -3.67. The van der Waals surface area contributed by atoms with Gasteiger partial charge in [-0.25, -0.2) is 4.98 Å². The summed E-state index contributed by atoms with van der Waals surface area (Å²) in [6, 6.07) is 22.1. The minimum Gasteiger partial charge on any atom is -0.384 e. The van der Waals surface area contributed by atoms with E-state index in [1.807, 2.05) is 60.7 Å². The van der Waals surface area contributed by atoms with E-state index in [9.17, 15) is 4.79 Å². The van der Waals surface area contributed by atoms with Gasteiger partial charge in [-0.15, -0.1) is 5.10 Å². The number of aromatic nitrogens is 3. The Balaban J connectivity index is 1.70. The van der Waals surface area contributed by atoms with Gasteiger partial charge in [-0.2, -0.15) is 4.52 Å². The molecule has 2 aromatic heterocycles. The van der Waals surface area contributed by atoms with Crippen LogP contribution in [-0.2, 0) is 0 Å². The molecular formula is C19H15N5O. The van der Waals surface area contributed by atoms with Crippen molar-refractivity contribution >= 4 is 23.1 Å². The molecule has 0 spiro atoms. The first-order valence-corrected chi connectivity index (χ1v) is 7.79. The van der Waals surface area contributed by atoms with E-state index >= 15 is 0 Å². The zero-order valence-electron chi connectivity index (χ0n) is 13.3. The highest BCUT2D eigenvalue weighted by Crippen LogP contribution is 2.19. The molecular weight excluding hydrogens is 314 g/mol. The van der Waals surface area contributed by atoms with E-state index in [-0.39, 0.29) is 5.91 Å². The summed E-state index contributed by atoms with van der Waals surface area (Å²) in [7, 11) is 0. The summed E-state index contributed by atoms with van der Waals surface area (Å²) in [5.41, 5.74) is 8.63. The van der Waals surface area contributed by atoms with Gasteiger partial charge in [0.1, 0.15) is 5.82 Å². The summed E-state index contributed by atoms with van der Waals surface area (Å²) in [6.45, 7) is 0. The van der Waals surface area contributed by atoms with Crippen LogP contribution in [0.25, 0.3) is 17.0 Å². The third kappa shape index (κ3) is 2.92. The van der Waals surface area contributed by atoms with Crippen molar-refractivity contribution < 1.29 is 4.79 Å².